The van der Waals surface area contributed by atoms with E-state index in [9.17, 15) is 23.6 Å². The highest BCUT2D eigenvalue weighted by molar-refractivity contribution is 8.00. The predicted octanol–water partition coefficient (Wildman–Crippen LogP) is 5.97. The van der Waals surface area contributed by atoms with E-state index in [0.29, 0.717) is 22.4 Å². The van der Waals surface area contributed by atoms with Gasteiger partial charge in [-0.25, -0.2) is 4.39 Å². The lowest BCUT2D eigenvalue weighted by Crippen LogP contribution is -2.27. The molecule has 4 aromatic carbocycles. The fourth-order valence-corrected chi connectivity index (χ4v) is 5.12. The molecule has 0 bridgehead atoms. The van der Waals surface area contributed by atoms with Crippen molar-refractivity contribution in [2.75, 3.05) is 10.6 Å². The Balaban J connectivity index is 1.29. The molecule has 0 fully saturated rings. The van der Waals surface area contributed by atoms with Crippen LogP contribution in [0.4, 0.5) is 15.8 Å². The topological polar surface area (TPSA) is 92.3 Å². The van der Waals surface area contributed by atoms with Gasteiger partial charge in [0.1, 0.15) is 5.82 Å². The van der Waals surface area contributed by atoms with Crippen LogP contribution in [0.3, 0.4) is 0 Å². The molecule has 5 rings (SSSR count). The summed E-state index contributed by atoms with van der Waals surface area (Å²) >= 11 is 1.27. The van der Waals surface area contributed by atoms with Crippen molar-refractivity contribution in [2.45, 2.75) is 17.1 Å². The Morgan fingerprint density at radius 3 is 2.16 bits per heavy atom. The van der Waals surface area contributed by atoms with Crippen LogP contribution < -0.4 is 10.6 Å². The van der Waals surface area contributed by atoms with Crippen LogP contribution >= 0.6 is 11.8 Å². The van der Waals surface area contributed by atoms with Crippen molar-refractivity contribution in [1.82, 2.24) is 0 Å². The van der Waals surface area contributed by atoms with Gasteiger partial charge in [0, 0.05) is 32.8 Å². The van der Waals surface area contributed by atoms with E-state index in [4.69, 9.17) is 0 Å². The molecule has 1 atom stereocenters. The van der Waals surface area contributed by atoms with E-state index in [0.717, 1.165) is 4.90 Å². The summed E-state index contributed by atoms with van der Waals surface area (Å²) in [4.78, 5) is 52.4. The third-order valence-electron chi connectivity index (χ3n) is 6.09. The van der Waals surface area contributed by atoms with E-state index in [1.54, 1.807) is 67.6 Å². The molecule has 1 aliphatic rings. The average molecular weight is 525 g/mol. The summed E-state index contributed by atoms with van der Waals surface area (Å²) in [5, 5.41) is 5.02. The molecule has 4 aromatic rings. The molecule has 0 radical (unpaired) electrons. The number of hydrogen-bond acceptors (Lipinski definition) is 5. The molecule has 0 aliphatic heterocycles. The van der Waals surface area contributed by atoms with Crippen molar-refractivity contribution < 1.29 is 23.6 Å². The van der Waals surface area contributed by atoms with Crippen molar-refractivity contribution >= 4 is 46.5 Å². The Labute approximate surface area is 222 Å². The fourth-order valence-electron chi connectivity index (χ4n) is 4.19. The molecule has 6 nitrogen and oxygen atoms in total. The molecule has 1 aliphatic carbocycles. The molecular formula is C30H21FN2O4S. The molecule has 0 saturated carbocycles. The molecule has 0 saturated heterocycles. The zero-order chi connectivity index (χ0) is 26.8. The molecule has 0 spiro atoms. The minimum Gasteiger partial charge on any atom is -0.324 e. The van der Waals surface area contributed by atoms with Gasteiger partial charge in [-0.05, 0) is 55.5 Å². The van der Waals surface area contributed by atoms with E-state index in [1.807, 2.05) is 6.07 Å². The normalized spacial score (nSPS) is 12.8. The van der Waals surface area contributed by atoms with Crippen LogP contribution in [-0.2, 0) is 4.79 Å². The molecule has 2 N–H and O–H groups in total. The lowest BCUT2D eigenvalue weighted by atomic mass is 9.83. The highest BCUT2D eigenvalue weighted by Crippen LogP contribution is 2.33. The number of thioether (sulfide) groups is 1. The monoisotopic (exact) mass is 524 g/mol. The molecule has 38 heavy (non-hydrogen) atoms. The maximum absolute atomic E-state index is 13.2. The summed E-state index contributed by atoms with van der Waals surface area (Å²) in [6, 6.07) is 23.7. The van der Waals surface area contributed by atoms with Gasteiger partial charge in [-0.1, -0.05) is 42.5 Å². The minimum atomic E-state index is -0.560. The van der Waals surface area contributed by atoms with Gasteiger partial charge < -0.3 is 10.6 Å². The first-order chi connectivity index (χ1) is 18.3. The second-order valence-electron chi connectivity index (χ2n) is 8.67. The number of carbonyl (C=O) groups excluding carboxylic acids is 4. The van der Waals surface area contributed by atoms with Crippen molar-refractivity contribution in [3.63, 3.8) is 0 Å². The second-order valence-corrected chi connectivity index (χ2v) is 10.1. The van der Waals surface area contributed by atoms with Crippen molar-refractivity contribution in [2.24, 2.45) is 0 Å². The number of carbonyl (C=O) groups is 4. The molecular weight excluding hydrogens is 503 g/mol. The molecule has 2 amide bonds. The first-order valence-electron chi connectivity index (χ1n) is 11.8. The number of nitrogens with one attached hydrogen (secondary N) is 2. The number of anilines is 2. The van der Waals surface area contributed by atoms with Crippen LogP contribution in [0.1, 0.15) is 49.1 Å². The van der Waals surface area contributed by atoms with Gasteiger partial charge in [-0.3, -0.25) is 19.2 Å². The van der Waals surface area contributed by atoms with E-state index < -0.39 is 11.1 Å². The Bertz CT molecular complexity index is 1600. The summed E-state index contributed by atoms with van der Waals surface area (Å²) in [5.74, 6) is -1.72. The Morgan fingerprint density at radius 1 is 0.763 bits per heavy atom. The maximum atomic E-state index is 13.2. The smallest absolute Gasteiger partial charge is 0.255 e. The van der Waals surface area contributed by atoms with Gasteiger partial charge in [0.05, 0.1) is 16.5 Å². The zero-order valence-electron chi connectivity index (χ0n) is 20.2. The number of rotatable bonds is 6. The number of halogens is 1. The molecule has 0 aromatic heterocycles. The van der Waals surface area contributed by atoms with Crippen LogP contribution in [0, 0.1) is 5.82 Å². The Morgan fingerprint density at radius 2 is 1.42 bits per heavy atom. The zero-order valence-corrected chi connectivity index (χ0v) is 21.0. The van der Waals surface area contributed by atoms with Gasteiger partial charge in [-0.15, -0.1) is 11.8 Å². The highest BCUT2D eigenvalue weighted by atomic mass is 32.2. The lowest BCUT2D eigenvalue weighted by Gasteiger charge is -2.21. The van der Waals surface area contributed by atoms with Crippen LogP contribution in [0.5, 0.6) is 0 Å². The number of amides is 2. The molecule has 0 heterocycles. The first kappa shape index (κ1) is 25.1. The van der Waals surface area contributed by atoms with E-state index in [1.165, 1.54) is 36.0 Å². The number of hydrogen-bond donors (Lipinski definition) is 2. The summed E-state index contributed by atoms with van der Waals surface area (Å²) in [6.07, 6.45) is 0. The van der Waals surface area contributed by atoms with Crippen LogP contribution in [0.25, 0.3) is 0 Å². The van der Waals surface area contributed by atoms with Gasteiger partial charge >= 0.3 is 0 Å². The summed E-state index contributed by atoms with van der Waals surface area (Å²) < 4.78 is 13.1. The Kier molecular flexibility index (Phi) is 6.89. The van der Waals surface area contributed by atoms with Gasteiger partial charge in [0.2, 0.25) is 5.91 Å². The van der Waals surface area contributed by atoms with E-state index in [2.05, 4.69) is 10.6 Å². The first-order valence-corrected chi connectivity index (χ1v) is 12.7. The van der Waals surface area contributed by atoms with Gasteiger partial charge in [0.15, 0.2) is 11.6 Å². The number of fused-ring (bicyclic) bond motifs is 2. The minimum absolute atomic E-state index is 0.187. The third-order valence-corrected chi connectivity index (χ3v) is 7.18. The second kappa shape index (κ2) is 10.4. The quantitative estimate of drug-likeness (QED) is 0.267. The lowest BCUT2D eigenvalue weighted by molar-refractivity contribution is -0.115. The van der Waals surface area contributed by atoms with Crippen molar-refractivity contribution in [1.29, 1.82) is 0 Å². The number of benzene rings is 4. The molecule has 8 heteroatoms. The molecule has 188 valence electrons. The summed E-state index contributed by atoms with van der Waals surface area (Å²) in [6.45, 7) is 1.72. The summed E-state index contributed by atoms with van der Waals surface area (Å²) in [7, 11) is 0. The van der Waals surface area contributed by atoms with Crippen LogP contribution in [0.15, 0.2) is 95.9 Å². The fraction of sp³-hybridized carbons (Fsp3) is 0.0667. The highest BCUT2D eigenvalue weighted by Gasteiger charge is 2.32. The van der Waals surface area contributed by atoms with Gasteiger partial charge in [0.25, 0.3) is 5.91 Å². The van der Waals surface area contributed by atoms with Crippen LogP contribution in [0.2, 0.25) is 0 Å². The Hall–Kier alpha value is -4.56. The third kappa shape index (κ3) is 4.99. The van der Waals surface area contributed by atoms with E-state index in [-0.39, 0.29) is 40.2 Å². The van der Waals surface area contributed by atoms with Crippen LogP contribution in [-0.4, -0.2) is 28.6 Å². The number of ketones is 2. The summed E-state index contributed by atoms with van der Waals surface area (Å²) in [5.41, 5.74) is 2.24. The molecule has 1 unspecified atom stereocenters. The SMILES string of the molecule is CC(Sc1cccc(NC(=O)c2ccc(F)cc2)c1)C(=O)Nc1cccc2c1C(=O)c1ccccc1C2=O. The predicted molar refractivity (Wildman–Crippen MR) is 144 cm³/mol. The van der Waals surface area contributed by atoms with E-state index >= 15 is 0 Å². The van der Waals surface area contributed by atoms with Crippen molar-refractivity contribution in [3.8, 4) is 0 Å². The largest absolute Gasteiger partial charge is 0.324 e. The maximum Gasteiger partial charge on any atom is 0.255 e. The standard InChI is InChI=1S/C30H21FN2O4S/c1-17(38-21-7-4-6-20(16-21)32-30(37)18-12-14-19(31)15-13-18)29(36)33-25-11-5-10-24-26(25)28(35)23-9-3-2-8-22(23)27(24)34/h2-17H,1H3,(H,32,37)(H,33,36). The average Bonchev–Trinajstić information content (AvgIpc) is 2.92. The van der Waals surface area contributed by atoms with Crippen molar-refractivity contribution in [3.05, 3.63) is 125 Å². The van der Waals surface area contributed by atoms with Gasteiger partial charge in [-0.2, -0.15) is 0 Å².